The van der Waals surface area contributed by atoms with E-state index in [9.17, 15) is 9.90 Å². The summed E-state index contributed by atoms with van der Waals surface area (Å²) in [5, 5.41) is 14.3. The number of hydrogen-bond acceptors (Lipinski definition) is 3. The van der Waals surface area contributed by atoms with Gasteiger partial charge in [0.2, 0.25) is 0 Å². The molecule has 6 heteroatoms. The van der Waals surface area contributed by atoms with E-state index in [4.69, 9.17) is 16.3 Å². The number of benzene rings is 2. The number of amides is 1. The fraction of sp³-hybridized carbons (Fsp3) is 0.190. The number of carbonyl (C=O) groups is 1. The number of hydrogen-bond donors (Lipinski definition) is 1. The first-order chi connectivity index (χ1) is 13.1. The van der Waals surface area contributed by atoms with Crippen molar-refractivity contribution in [1.82, 2.24) is 4.90 Å². The van der Waals surface area contributed by atoms with Crippen LogP contribution in [0.25, 0.3) is 11.1 Å². The fourth-order valence-corrected chi connectivity index (χ4v) is 4.29. The van der Waals surface area contributed by atoms with Crippen molar-refractivity contribution in [2.45, 2.75) is 19.1 Å². The van der Waals surface area contributed by atoms with E-state index >= 15 is 0 Å². The molecule has 2 aromatic carbocycles. The minimum Gasteiger partial charge on any atom is -0.487 e. The summed E-state index contributed by atoms with van der Waals surface area (Å²) < 4.78 is 6.18. The third kappa shape index (κ3) is 3.94. The highest BCUT2D eigenvalue weighted by Gasteiger charge is 2.29. The lowest BCUT2D eigenvalue weighted by atomic mass is 10.0. The third-order valence-electron chi connectivity index (χ3n) is 4.61. The molecule has 0 fully saturated rings. The summed E-state index contributed by atoms with van der Waals surface area (Å²) in [7, 11) is 0. The zero-order chi connectivity index (χ0) is 18.8. The largest absolute Gasteiger partial charge is 0.487 e. The Morgan fingerprint density at radius 2 is 2.07 bits per heavy atom. The van der Waals surface area contributed by atoms with Crippen molar-refractivity contribution in [2.24, 2.45) is 0 Å². The van der Waals surface area contributed by atoms with Crippen molar-refractivity contribution < 1.29 is 14.6 Å². The summed E-state index contributed by atoms with van der Waals surface area (Å²) in [4.78, 5) is 13.1. The number of fused-ring (bicyclic) bond motifs is 1. The predicted octanol–water partition coefficient (Wildman–Crippen LogP) is 5.55. The Morgan fingerprint density at radius 3 is 2.78 bits per heavy atom. The van der Waals surface area contributed by atoms with Crippen molar-refractivity contribution in [3.63, 3.8) is 0 Å². The Kier molecular flexibility index (Phi) is 5.05. The molecule has 3 aromatic rings. The van der Waals surface area contributed by atoms with Gasteiger partial charge in [0.1, 0.15) is 11.9 Å². The molecule has 1 aliphatic rings. The molecule has 27 heavy (non-hydrogen) atoms. The summed E-state index contributed by atoms with van der Waals surface area (Å²) in [6, 6.07) is 15.4. The molecular weight excluding hydrogens is 382 g/mol. The molecule has 138 valence electrons. The van der Waals surface area contributed by atoms with E-state index in [1.165, 1.54) is 4.90 Å². The van der Waals surface area contributed by atoms with Crippen LogP contribution in [-0.2, 0) is 13.0 Å². The van der Waals surface area contributed by atoms with Gasteiger partial charge < -0.3 is 14.7 Å². The van der Waals surface area contributed by atoms with Crippen molar-refractivity contribution in [3.8, 4) is 16.9 Å². The number of ether oxygens (including phenoxy) is 1. The number of rotatable bonds is 5. The maximum atomic E-state index is 11.7. The molecule has 1 aromatic heterocycles. The van der Waals surface area contributed by atoms with Gasteiger partial charge in [-0.15, -0.1) is 0 Å². The maximum absolute atomic E-state index is 11.7. The van der Waals surface area contributed by atoms with E-state index in [0.717, 1.165) is 28.0 Å². The van der Waals surface area contributed by atoms with Gasteiger partial charge in [0, 0.05) is 29.1 Å². The van der Waals surface area contributed by atoms with E-state index in [1.54, 1.807) is 11.3 Å². The van der Waals surface area contributed by atoms with Gasteiger partial charge in [-0.3, -0.25) is 0 Å². The molecule has 2 heterocycles. The smallest absolute Gasteiger partial charge is 0.407 e. The fourth-order valence-electron chi connectivity index (χ4n) is 3.39. The third-order valence-corrected chi connectivity index (χ3v) is 5.51. The van der Waals surface area contributed by atoms with Gasteiger partial charge in [-0.25, -0.2) is 4.79 Å². The van der Waals surface area contributed by atoms with Crippen molar-refractivity contribution in [1.29, 1.82) is 0 Å². The molecule has 1 unspecified atom stereocenters. The van der Waals surface area contributed by atoms with Crippen LogP contribution in [0.2, 0.25) is 5.02 Å². The Morgan fingerprint density at radius 1 is 1.26 bits per heavy atom. The Labute approximate surface area is 166 Å². The van der Waals surface area contributed by atoms with E-state index in [2.05, 4.69) is 5.38 Å². The molecule has 0 bridgehead atoms. The summed E-state index contributed by atoms with van der Waals surface area (Å²) in [5.41, 5.74) is 4.01. The molecule has 1 amide bonds. The van der Waals surface area contributed by atoms with Crippen LogP contribution in [0.1, 0.15) is 11.1 Å². The molecular formula is C21H18ClNO3S. The monoisotopic (exact) mass is 399 g/mol. The highest BCUT2D eigenvalue weighted by Crippen LogP contribution is 2.41. The molecule has 0 radical (unpaired) electrons. The highest BCUT2D eigenvalue weighted by molar-refractivity contribution is 7.08. The SMILES string of the molecule is O=C(O)N(Cc1ccccc1)CC1Cc2cc(Cl)cc(-c3ccsc3)c2O1. The van der Waals surface area contributed by atoms with E-state index in [0.29, 0.717) is 24.5 Å². The average Bonchev–Trinajstić information content (AvgIpc) is 3.30. The van der Waals surface area contributed by atoms with E-state index in [1.807, 2.05) is 53.9 Å². The Bertz CT molecular complexity index is 944. The second-order valence-electron chi connectivity index (χ2n) is 6.55. The highest BCUT2D eigenvalue weighted by atomic mass is 35.5. The van der Waals surface area contributed by atoms with Gasteiger partial charge in [-0.2, -0.15) is 11.3 Å². The minimum atomic E-state index is -0.950. The van der Waals surface area contributed by atoms with Gasteiger partial charge in [-0.05, 0) is 40.1 Å². The minimum absolute atomic E-state index is 0.226. The number of thiophene rings is 1. The first kappa shape index (κ1) is 17.9. The lowest BCUT2D eigenvalue weighted by Gasteiger charge is -2.23. The van der Waals surface area contributed by atoms with Crippen LogP contribution in [0.4, 0.5) is 4.79 Å². The van der Waals surface area contributed by atoms with Crippen LogP contribution < -0.4 is 4.74 Å². The average molecular weight is 400 g/mol. The molecule has 0 saturated heterocycles. The van der Waals surface area contributed by atoms with Crippen LogP contribution in [0, 0.1) is 0 Å². The van der Waals surface area contributed by atoms with Gasteiger partial charge in [0.05, 0.1) is 6.54 Å². The van der Waals surface area contributed by atoms with Crippen molar-refractivity contribution >= 4 is 29.0 Å². The van der Waals surface area contributed by atoms with Crippen LogP contribution >= 0.6 is 22.9 Å². The number of halogens is 1. The molecule has 0 aliphatic carbocycles. The lowest BCUT2D eigenvalue weighted by Crippen LogP contribution is -2.37. The quantitative estimate of drug-likeness (QED) is 0.611. The zero-order valence-corrected chi connectivity index (χ0v) is 16.0. The number of carboxylic acid groups (broad SMARTS) is 1. The van der Waals surface area contributed by atoms with Gasteiger partial charge in [0.25, 0.3) is 0 Å². The summed E-state index contributed by atoms with van der Waals surface area (Å²) >= 11 is 7.92. The molecule has 0 saturated carbocycles. The van der Waals surface area contributed by atoms with Crippen LogP contribution in [-0.4, -0.2) is 28.7 Å². The number of nitrogens with zero attached hydrogens (tertiary/aromatic N) is 1. The van der Waals surface area contributed by atoms with Gasteiger partial charge in [-0.1, -0.05) is 41.9 Å². The molecule has 1 atom stereocenters. The van der Waals surface area contributed by atoms with Gasteiger partial charge >= 0.3 is 6.09 Å². The van der Waals surface area contributed by atoms with E-state index in [-0.39, 0.29) is 6.10 Å². The first-order valence-corrected chi connectivity index (χ1v) is 9.95. The maximum Gasteiger partial charge on any atom is 0.407 e. The molecule has 4 rings (SSSR count). The van der Waals surface area contributed by atoms with Crippen LogP contribution in [0.3, 0.4) is 0 Å². The Balaban J connectivity index is 1.54. The summed E-state index contributed by atoms with van der Waals surface area (Å²) in [6.45, 7) is 0.643. The topological polar surface area (TPSA) is 49.8 Å². The van der Waals surface area contributed by atoms with Crippen LogP contribution in [0.15, 0.2) is 59.3 Å². The predicted molar refractivity (Wildman–Crippen MR) is 108 cm³/mol. The first-order valence-electron chi connectivity index (χ1n) is 8.63. The van der Waals surface area contributed by atoms with Crippen LogP contribution in [0.5, 0.6) is 5.75 Å². The molecule has 4 nitrogen and oxygen atoms in total. The normalized spacial score (nSPS) is 15.2. The molecule has 0 spiro atoms. The van der Waals surface area contributed by atoms with Crippen molar-refractivity contribution in [2.75, 3.05) is 6.54 Å². The zero-order valence-electron chi connectivity index (χ0n) is 14.5. The molecule has 1 N–H and O–H groups in total. The standard InChI is InChI=1S/C21H18ClNO3S/c22-17-8-16-9-18(26-20(16)19(10-17)15-6-7-27-13-15)12-23(21(24)25)11-14-4-2-1-3-5-14/h1-8,10,13,18H,9,11-12H2,(H,24,25). The lowest BCUT2D eigenvalue weighted by molar-refractivity contribution is 0.113. The molecule has 1 aliphatic heterocycles. The van der Waals surface area contributed by atoms with Gasteiger partial charge in [0.15, 0.2) is 0 Å². The summed E-state index contributed by atoms with van der Waals surface area (Å²) in [5.74, 6) is 0.813. The van der Waals surface area contributed by atoms with Crippen molar-refractivity contribution in [3.05, 3.63) is 75.4 Å². The van der Waals surface area contributed by atoms with E-state index < -0.39 is 6.09 Å². The Hall–Kier alpha value is -2.50. The second kappa shape index (κ2) is 7.62. The second-order valence-corrected chi connectivity index (χ2v) is 7.76. The summed E-state index contributed by atoms with van der Waals surface area (Å²) in [6.07, 6.45) is -0.531.